The van der Waals surface area contributed by atoms with Crippen LogP contribution in [0, 0.1) is 0 Å². The zero-order valence-corrected chi connectivity index (χ0v) is 12.2. The lowest BCUT2D eigenvalue weighted by molar-refractivity contribution is 0.537. The van der Waals surface area contributed by atoms with E-state index in [9.17, 15) is 0 Å². The summed E-state index contributed by atoms with van der Waals surface area (Å²) >= 11 is 6.02. The van der Waals surface area contributed by atoms with Crippen LogP contribution >= 0.6 is 11.6 Å². The summed E-state index contributed by atoms with van der Waals surface area (Å²) in [6, 6.07) is 18.9. The fraction of sp³-hybridized carbons (Fsp3) is 0.294. The molecule has 0 aromatic heterocycles. The average molecular weight is 274 g/mol. The molecule has 0 heterocycles. The molecular formula is C17H20ClN. The Hall–Kier alpha value is -1.31. The van der Waals surface area contributed by atoms with Crippen LogP contribution in [-0.4, -0.2) is 6.54 Å². The van der Waals surface area contributed by atoms with Gasteiger partial charge in [-0.05, 0) is 36.1 Å². The molecule has 0 bridgehead atoms. The highest BCUT2D eigenvalue weighted by Gasteiger charge is 2.09. The van der Waals surface area contributed by atoms with Crippen LogP contribution in [0.1, 0.15) is 36.9 Å². The highest BCUT2D eigenvalue weighted by Crippen LogP contribution is 2.19. The number of hydrogen-bond acceptors (Lipinski definition) is 1. The quantitative estimate of drug-likeness (QED) is 0.826. The summed E-state index contributed by atoms with van der Waals surface area (Å²) in [6.45, 7) is 5.37. The lowest BCUT2D eigenvalue weighted by Crippen LogP contribution is -2.23. The molecule has 2 aromatic carbocycles. The van der Waals surface area contributed by atoms with E-state index >= 15 is 0 Å². The Labute approximate surface area is 120 Å². The first-order valence-corrected chi connectivity index (χ1v) is 7.08. The van der Waals surface area contributed by atoms with Gasteiger partial charge >= 0.3 is 0 Å². The zero-order valence-electron chi connectivity index (χ0n) is 11.4. The summed E-state index contributed by atoms with van der Waals surface area (Å²) in [7, 11) is 0. The summed E-state index contributed by atoms with van der Waals surface area (Å²) in [5.41, 5.74) is 2.60. The maximum absolute atomic E-state index is 6.02. The Kier molecular flexibility index (Phi) is 5.00. The van der Waals surface area contributed by atoms with Crippen molar-refractivity contribution in [1.29, 1.82) is 0 Å². The smallest absolute Gasteiger partial charge is 0.0409 e. The van der Waals surface area contributed by atoms with Crippen molar-refractivity contribution < 1.29 is 0 Å². The molecule has 0 amide bonds. The number of hydrogen-bond donors (Lipinski definition) is 1. The molecule has 0 aliphatic heterocycles. The monoisotopic (exact) mass is 273 g/mol. The lowest BCUT2D eigenvalue weighted by Gasteiger charge is -2.18. The van der Waals surface area contributed by atoms with E-state index in [4.69, 9.17) is 11.6 Å². The molecular weight excluding hydrogens is 254 g/mol. The van der Waals surface area contributed by atoms with Crippen molar-refractivity contribution in [3.63, 3.8) is 0 Å². The molecule has 2 heteroatoms. The molecule has 0 spiro atoms. The van der Waals surface area contributed by atoms with Gasteiger partial charge in [0.05, 0.1) is 0 Å². The second kappa shape index (κ2) is 6.74. The number of benzene rings is 2. The highest BCUT2D eigenvalue weighted by molar-refractivity contribution is 6.30. The van der Waals surface area contributed by atoms with Crippen molar-refractivity contribution in [1.82, 2.24) is 5.32 Å². The Morgan fingerprint density at radius 2 is 1.63 bits per heavy atom. The van der Waals surface area contributed by atoms with Gasteiger partial charge in [0.2, 0.25) is 0 Å². The standard InChI is InChI=1S/C17H20ClN/c1-13(15-7-4-3-5-8-15)12-19-14(2)16-9-6-10-17(18)11-16/h3-11,13-14,19H,12H2,1-2H3/t13?,14-/m0/s1. The SMILES string of the molecule is CC(CN[C@@H](C)c1cccc(Cl)c1)c1ccccc1. The maximum atomic E-state index is 6.02. The molecule has 100 valence electrons. The van der Waals surface area contributed by atoms with Gasteiger partial charge in [0.15, 0.2) is 0 Å². The Morgan fingerprint density at radius 3 is 2.32 bits per heavy atom. The fourth-order valence-electron chi connectivity index (χ4n) is 2.15. The maximum Gasteiger partial charge on any atom is 0.0409 e. The van der Waals surface area contributed by atoms with Crippen molar-refractivity contribution in [3.8, 4) is 0 Å². The van der Waals surface area contributed by atoms with Crippen LogP contribution in [0.15, 0.2) is 54.6 Å². The first-order valence-electron chi connectivity index (χ1n) is 6.70. The van der Waals surface area contributed by atoms with Gasteiger partial charge in [-0.25, -0.2) is 0 Å². The lowest BCUT2D eigenvalue weighted by atomic mass is 10.0. The van der Waals surface area contributed by atoms with E-state index in [1.165, 1.54) is 11.1 Å². The number of nitrogens with one attached hydrogen (secondary N) is 1. The Morgan fingerprint density at radius 1 is 0.947 bits per heavy atom. The molecule has 1 unspecified atom stereocenters. The molecule has 0 fully saturated rings. The van der Waals surface area contributed by atoms with E-state index in [1.54, 1.807) is 0 Å². The molecule has 0 aliphatic carbocycles. The molecule has 1 N–H and O–H groups in total. The molecule has 0 saturated heterocycles. The number of rotatable bonds is 5. The van der Waals surface area contributed by atoms with E-state index in [0.29, 0.717) is 12.0 Å². The van der Waals surface area contributed by atoms with Crippen LogP contribution in [0.5, 0.6) is 0 Å². The van der Waals surface area contributed by atoms with Crippen LogP contribution < -0.4 is 5.32 Å². The summed E-state index contributed by atoms with van der Waals surface area (Å²) in [4.78, 5) is 0. The predicted molar refractivity (Wildman–Crippen MR) is 82.7 cm³/mol. The van der Waals surface area contributed by atoms with E-state index in [2.05, 4.69) is 55.6 Å². The second-order valence-electron chi connectivity index (χ2n) is 5.00. The Balaban J connectivity index is 1.92. The minimum absolute atomic E-state index is 0.310. The summed E-state index contributed by atoms with van der Waals surface area (Å²) in [6.07, 6.45) is 0. The largest absolute Gasteiger partial charge is 0.310 e. The third kappa shape index (κ3) is 4.09. The molecule has 2 atom stereocenters. The van der Waals surface area contributed by atoms with Gasteiger partial charge in [0.1, 0.15) is 0 Å². The third-order valence-electron chi connectivity index (χ3n) is 3.45. The first kappa shape index (κ1) is 14.1. The van der Waals surface area contributed by atoms with Crippen molar-refractivity contribution in [2.45, 2.75) is 25.8 Å². The van der Waals surface area contributed by atoms with E-state index in [1.807, 2.05) is 18.2 Å². The van der Waals surface area contributed by atoms with Crippen molar-refractivity contribution >= 4 is 11.6 Å². The molecule has 19 heavy (non-hydrogen) atoms. The zero-order chi connectivity index (χ0) is 13.7. The molecule has 2 rings (SSSR count). The van der Waals surface area contributed by atoms with Gasteiger partial charge in [0.25, 0.3) is 0 Å². The normalized spacial score (nSPS) is 14.1. The van der Waals surface area contributed by atoms with Gasteiger partial charge in [-0.3, -0.25) is 0 Å². The third-order valence-corrected chi connectivity index (χ3v) is 3.68. The summed E-state index contributed by atoms with van der Waals surface area (Å²) in [5.74, 6) is 0.503. The summed E-state index contributed by atoms with van der Waals surface area (Å²) in [5, 5.41) is 4.36. The van der Waals surface area contributed by atoms with Crippen LogP contribution in [0.3, 0.4) is 0 Å². The van der Waals surface area contributed by atoms with Crippen molar-refractivity contribution in [2.24, 2.45) is 0 Å². The highest BCUT2D eigenvalue weighted by atomic mass is 35.5. The van der Waals surface area contributed by atoms with Gasteiger partial charge < -0.3 is 5.32 Å². The van der Waals surface area contributed by atoms with Crippen molar-refractivity contribution in [3.05, 3.63) is 70.7 Å². The molecule has 0 radical (unpaired) electrons. The Bertz CT molecular complexity index is 510. The van der Waals surface area contributed by atoms with Crippen LogP contribution in [0.4, 0.5) is 0 Å². The van der Waals surface area contributed by atoms with E-state index in [0.717, 1.165) is 11.6 Å². The van der Waals surface area contributed by atoms with Crippen LogP contribution in [0.25, 0.3) is 0 Å². The molecule has 0 saturated carbocycles. The van der Waals surface area contributed by atoms with Gasteiger partial charge in [0, 0.05) is 17.6 Å². The molecule has 1 nitrogen and oxygen atoms in total. The van der Waals surface area contributed by atoms with Crippen molar-refractivity contribution in [2.75, 3.05) is 6.54 Å². The molecule has 0 aliphatic rings. The van der Waals surface area contributed by atoms with E-state index < -0.39 is 0 Å². The first-order chi connectivity index (χ1) is 9.16. The van der Waals surface area contributed by atoms with E-state index in [-0.39, 0.29) is 0 Å². The number of halogens is 1. The fourth-order valence-corrected chi connectivity index (χ4v) is 2.35. The minimum Gasteiger partial charge on any atom is -0.310 e. The average Bonchev–Trinajstić information content (AvgIpc) is 2.45. The van der Waals surface area contributed by atoms with Crippen LogP contribution in [0.2, 0.25) is 5.02 Å². The topological polar surface area (TPSA) is 12.0 Å². The van der Waals surface area contributed by atoms with Gasteiger partial charge in [-0.15, -0.1) is 0 Å². The predicted octanol–water partition coefficient (Wildman–Crippen LogP) is 4.79. The van der Waals surface area contributed by atoms with Crippen LogP contribution in [-0.2, 0) is 0 Å². The second-order valence-corrected chi connectivity index (χ2v) is 5.43. The summed E-state index contributed by atoms with van der Waals surface area (Å²) < 4.78 is 0. The van der Waals surface area contributed by atoms with Gasteiger partial charge in [-0.1, -0.05) is 61.0 Å². The van der Waals surface area contributed by atoms with Gasteiger partial charge in [-0.2, -0.15) is 0 Å². The minimum atomic E-state index is 0.310. The molecule has 2 aromatic rings.